The minimum atomic E-state index is -0.549. The molecule has 2 N–H and O–H groups in total. The third kappa shape index (κ3) is 3.87. The van der Waals surface area contributed by atoms with Crippen LogP contribution < -0.4 is 16.1 Å². The predicted octanol–water partition coefficient (Wildman–Crippen LogP) is 0.961. The number of hydrogen-bond acceptors (Lipinski definition) is 4. The highest BCUT2D eigenvalue weighted by molar-refractivity contribution is 5.79. The number of nitrogens with zero attached hydrogens (tertiary/aromatic N) is 2. The first-order chi connectivity index (χ1) is 12.5. The Morgan fingerprint density at radius 1 is 1.04 bits per heavy atom. The number of nitrogens with one attached hydrogen (secondary N) is 2. The number of aromatic nitrogens is 2. The largest absolute Gasteiger partial charge is 0.369 e. The van der Waals surface area contributed by atoms with Crippen molar-refractivity contribution in [3.8, 4) is 0 Å². The van der Waals surface area contributed by atoms with E-state index in [9.17, 15) is 14.4 Å². The third-order valence-corrected chi connectivity index (χ3v) is 4.89. The Balaban J connectivity index is 1.70. The van der Waals surface area contributed by atoms with Crippen LogP contribution in [0.25, 0.3) is 0 Å². The fourth-order valence-electron chi connectivity index (χ4n) is 3.43. The number of amides is 1. The number of carbonyl (C=O) groups excluding carboxylic acids is 1. The summed E-state index contributed by atoms with van der Waals surface area (Å²) in [5.41, 5.74) is 2.17. The van der Waals surface area contributed by atoms with E-state index in [0.29, 0.717) is 24.3 Å². The molecule has 1 saturated heterocycles. The molecule has 1 aromatic heterocycles. The van der Waals surface area contributed by atoms with Crippen LogP contribution in [0.1, 0.15) is 23.2 Å². The maximum atomic E-state index is 12.7. The molecule has 2 aromatic rings. The summed E-state index contributed by atoms with van der Waals surface area (Å²) in [5.74, 6) is -0.0858. The maximum Gasteiger partial charge on any atom is 0.325 e. The van der Waals surface area contributed by atoms with E-state index >= 15 is 0 Å². The first-order valence-corrected chi connectivity index (χ1v) is 8.86. The number of para-hydroxylation sites is 1. The lowest BCUT2D eigenvalue weighted by Crippen LogP contribution is -2.38. The molecule has 3 rings (SSSR count). The number of H-pyrrole nitrogens is 2. The van der Waals surface area contributed by atoms with Crippen LogP contribution in [-0.2, 0) is 11.2 Å². The van der Waals surface area contributed by atoms with E-state index in [-0.39, 0.29) is 12.3 Å². The molecular formula is C19H24N4O3. The lowest BCUT2D eigenvalue weighted by Gasteiger charge is -2.25. The van der Waals surface area contributed by atoms with E-state index in [0.717, 1.165) is 19.5 Å². The molecule has 1 aliphatic heterocycles. The molecule has 1 aromatic carbocycles. The van der Waals surface area contributed by atoms with Gasteiger partial charge in [0.2, 0.25) is 5.91 Å². The lowest BCUT2D eigenvalue weighted by atomic mass is 10.1. The smallest absolute Gasteiger partial charge is 0.325 e. The molecule has 0 aliphatic carbocycles. The standard InChI is InChI=1S/C19H24N4O3/c1-13-6-3-4-7-16(13)22-8-5-9-23(11-10-22)17(24)12-15-14(2)20-19(26)21-18(15)25/h3-4,6-7H,5,8-12H2,1-2H3,(H2,20,21,25,26). The van der Waals surface area contributed by atoms with Crippen molar-refractivity contribution in [1.29, 1.82) is 0 Å². The molecule has 26 heavy (non-hydrogen) atoms. The molecule has 0 radical (unpaired) electrons. The Morgan fingerprint density at radius 3 is 2.54 bits per heavy atom. The summed E-state index contributed by atoms with van der Waals surface area (Å²) in [6.45, 7) is 6.68. The summed E-state index contributed by atoms with van der Waals surface area (Å²) in [7, 11) is 0. The van der Waals surface area contributed by atoms with E-state index < -0.39 is 11.2 Å². The van der Waals surface area contributed by atoms with Gasteiger partial charge in [-0.1, -0.05) is 18.2 Å². The van der Waals surface area contributed by atoms with Crippen molar-refractivity contribution in [1.82, 2.24) is 14.9 Å². The molecule has 0 atom stereocenters. The monoisotopic (exact) mass is 356 g/mol. The third-order valence-electron chi connectivity index (χ3n) is 4.89. The number of aromatic amines is 2. The van der Waals surface area contributed by atoms with Gasteiger partial charge in [0.1, 0.15) is 0 Å². The summed E-state index contributed by atoms with van der Waals surface area (Å²) in [5, 5.41) is 0. The summed E-state index contributed by atoms with van der Waals surface area (Å²) in [4.78, 5) is 44.8. The van der Waals surface area contributed by atoms with Crippen molar-refractivity contribution in [2.24, 2.45) is 0 Å². The van der Waals surface area contributed by atoms with Crippen LogP contribution in [0.15, 0.2) is 33.9 Å². The van der Waals surface area contributed by atoms with Crippen molar-refractivity contribution in [3.05, 3.63) is 61.9 Å². The molecule has 7 nitrogen and oxygen atoms in total. The zero-order valence-corrected chi connectivity index (χ0v) is 15.2. The fourth-order valence-corrected chi connectivity index (χ4v) is 3.43. The molecule has 0 unspecified atom stereocenters. The van der Waals surface area contributed by atoms with Gasteiger partial charge in [0, 0.05) is 43.1 Å². The second kappa shape index (κ2) is 7.59. The highest BCUT2D eigenvalue weighted by Crippen LogP contribution is 2.21. The minimum absolute atomic E-state index is 0.00229. The van der Waals surface area contributed by atoms with Crippen LogP contribution in [0.5, 0.6) is 0 Å². The van der Waals surface area contributed by atoms with Gasteiger partial charge in [0.05, 0.1) is 6.42 Å². The van der Waals surface area contributed by atoms with Gasteiger partial charge >= 0.3 is 5.69 Å². The van der Waals surface area contributed by atoms with Crippen molar-refractivity contribution in [2.75, 3.05) is 31.1 Å². The Kier molecular flexibility index (Phi) is 5.25. The number of carbonyl (C=O) groups is 1. The van der Waals surface area contributed by atoms with Crippen molar-refractivity contribution in [3.63, 3.8) is 0 Å². The Labute approximate surface area is 151 Å². The van der Waals surface area contributed by atoms with Crippen molar-refractivity contribution in [2.45, 2.75) is 26.7 Å². The minimum Gasteiger partial charge on any atom is -0.369 e. The van der Waals surface area contributed by atoms with Gasteiger partial charge < -0.3 is 14.8 Å². The Hall–Kier alpha value is -2.83. The summed E-state index contributed by atoms with van der Waals surface area (Å²) in [6.07, 6.45) is 0.878. The Morgan fingerprint density at radius 2 is 1.81 bits per heavy atom. The molecule has 138 valence electrons. The van der Waals surface area contributed by atoms with Crippen molar-refractivity contribution >= 4 is 11.6 Å². The van der Waals surface area contributed by atoms with Crippen LogP contribution in [-0.4, -0.2) is 47.0 Å². The topological polar surface area (TPSA) is 89.3 Å². The number of hydrogen-bond donors (Lipinski definition) is 2. The summed E-state index contributed by atoms with van der Waals surface area (Å²) in [6, 6.07) is 8.25. The first-order valence-electron chi connectivity index (χ1n) is 8.86. The molecule has 1 amide bonds. The first kappa shape index (κ1) is 18.0. The number of benzene rings is 1. The molecule has 0 spiro atoms. The van der Waals surface area contributed by atoms with Crippen LogP contribution in [0.3, 0.4) is 0 Å². The molecular weight excluding hydrogens is 332 g/mol. The van der Waals surface area contributed by atoms with Crippen LogP contribution in [0.2, 0.25) is 0 Å². The zero-order valence-electron chi connectivity index (χ0n) is 15.2. The van der Waals surface area contributed by atoms with Gasteiger partial charge in [-0.25, -0.2) is 4.79 Å². The molecule has 1 fully saturated rings. The van der Waals surface area contributed by atoms with Gasteiger partial charge in [-0.3, -0.25) is 14.6 Å². The van der Waals surface area contributed by atoms with Crippen LogP contribution in [0.4, 0.5) is 5.69 Å². The van der Waals surface area contributed by atoms with E-state index in [2.05, 4.69) is 33.9 Å². The summed E-state index contributed by atoms with van der Waals surface area (Å²) < 4.78 is 0. The van der Waals surface area contributed by atoms with Crippen LogP contribution in [0, 0.1) is 13.8 Å². The number of anilines is 1. The molecule has 0 bridgehead atoms. The van der Waals surface area contributed by atoms with Gasteiger partial charge in [-0.2, -0.15) is 0 Å². The van der Waals surface area contributed by atoms with Crippen LogP contribution >= 0.6 is 0 Å². The highest BCUT2D eigenvalue weighted by Gasteiger charge is 2.21. The molecule has 0 saturated carbocycles. The van der Waals surface area contributed by atoms with E-state index in [1.807, 2.05) is 17.0 Å². The summed E-state index contributed by atoms with van der Waals surface area (Å²) >= 11 is 0. The van der Waals surface area contributed by atoms with Gasteiger partial charge in [0.15, 0.2) is 0 Å². The lowest BCUT2D eigenvalue weighted by molar-refractivity contribution is -0.130. The number of rotatable bonds is 3. The van der Waals surface area contributed by atoms with Gasteiger partial charge in [0.25, 0.3) is 5.56 Å². The molecule has 1 aliphatic rings. The second-order valence-electron chi connectivity index (χ2n) is 6.70. The van der Waals surface area contributed by atoms with E-state index in [1.165, 1.54) is 11.3 Å². The van der Waals surface area contributed by atoms with Crippen molar-refractivity contribution < 1.29 is 4.79 Å². The zero-order chi connectivity index (χ0) is 18.7. The molecule has 7 heteroatoms. The second-order valence-corrected chi connectivity index (χ2v) is 6.70. The maximum absolute atomic E-state index is 12.7. The quantitative estimate of drug-likeness (QED) is 0.857. The highest BCUT2D eigenvalue weighted by atomic mass is 16.2. The molecule has 2 heterocycles. The predicted molar refractivity (Wildman–Crippen MR) is 101 cm³/mol. The normalized spacial score (nSPS) is 15.0. The number of aryl methyl sites for hydroxylation is 2. The average Bonchev–Trinajstić information content (AvgIpc) is 2.84. The Bertz CT molecular complexity index is 915. The SMILES string of the molecule is Cc1ccccc1N1CCCN(C(=O)Cc2c(C)[nH]c(=O)[nH]c2=O)CC1. The fraction of sp³-hybridized carbons (Fsp3) is 0.421. The van der Waals surface area contributed by atoms with Gasteiger partial charge in [-0.15, -0.1) is 0 Å². The average molecular weight is 356 g/mol. The van der Waals surface area contributed by atoms with E-state index in [4.69, 9.17) is 0 Å². The van der Waals surface area contributed by atoms with Gasteiger partial charge in [-0.05, 0) is 31.9 Å². The van der Waals surface area contributed by atoms with E-state index in [1.54, 1.807) is 6.92 Å².